The Labute approximate surface area is 370 Å². The third kappa shape index (κ3) is 7.58. The first-order valence-corrected chi connectivity index (χ1v) is 20.2. The molecule has 1 heterocycles. The maximum atomic E-state index is 15.5. The zero-order chi connectivity index (χ0) is 50.2. The SMILES string of the molecule is [2H]c1c([2H])c([2H])c(C(=O)N[C@H](c2ccc(O)cc2)[C@H](O)C(=O)O[C@@H]2C[C@]3(O)[C@H](OC(=O)c4ccccc4)[C@H]4[C@@]5(OC(C)=O)CO[C@H]5C[C@@H](O)[C@]4(C)C(=O)[C@@H](OC(C)=O)C(=C2C)C3(C)C)c([2H])c1[2H]. The molecule has 2 bridgehead atoms. The van der Waals surface area contributed by atoms with Gasteiger partial charge in [-0.2, -0.15) is 0 Å². The van der Waals surface area contributed by atoms with E-state index in [1.165, 1.54) is 52.0 Å². The van der Waals surface area contributed by atoms with Crippen molar-refractivity contribution in [3.05, 3.63) is 113 Å². The van der Waals surface area contributed by atoms with Gasteiger partial charge in [0.15, 0.2) is 23.6 Å². The van der Waals surface area contributed by atoms with Crippen LogP contribution in [0.2, 0.25) is 0 Å². The molecule has 7 rings (SSSR count). The van der Waals surface area contributed by atoms with Crippen LogP contribution in [0.5, 0.6) is 5.75 Å². The summed E-state index contributed by atoms with van der Waals surface area (Å²) < 4.78 is 70.8. The van der Waals surface area contributed by atoms with Crippen LogP contribution in [0.3, 0.4) is 0 Å². The first kappa shape index (κ1) is 38.7. The number of ketones is 1. The summed E-state index contributed by atoms with van der Waals surface area (Å²) in [7, 11) is 0. The molecule has 5 N–H and O–H groups in total. The Morgan fingerprint density at radius 3 is 2.14 bits per heavy atom. The molecule has 0 aromatic heterocycles. The quantitative estimate of drug-likeness (QED) is 0.111. The summed E-state index contributed by atoms with van der Waals surface area (Å²) in [5.41, 5.74) is -9.24. The van der Waals surface area contributed by atoms with Crippen molar-refractivity contribution in [3.8, 4) is 5.75 Å². The Bertz CT molecular complexity index is 2600. The smallest absolute Gasteiger partial charge is 0.338 e. The fraction of sp³-hybridized carbons (Fsp3) is 0.447. The van der Waals surface area contributed by atoms with Gasteiger partial charge in [0.2, 0.25) is 0 Å². The zero-order valence-corrected chi connectivity index (χ0v) is 35.2. The Morgan fingerprint density at radius 2 is 1.56 bits per heavy atom. The molecule has 11 atom stereocenters. The molecule has 3 aliphatic carbocycles. The maximum absolute atomic E-state index is 15.5. The molecule has 1 saturated heterocycles. The zero-order valence-electron chi connectivity index (χ0n) is 40.2. The molecule has 1 aliphatic heterocycles. The number of hydrogen-bond donors (Lipinski definition) is 5. The number of nitrogens with one attached hydrogen (secondary N) is 1. The fourth-order valence-corrected chi connectivity index (χ4v) is 9.97. The monoisotopic (exact) mass is 874 g/mol. The van der Waals surface area contributed by atoms with Crippen LogP contribution < -0.4 is 5.32 Å². The summed E-state index contributed by atoms with van der Waals surface area (Å²) in [5, 5.41) is 50.1. The molecule has 16 nitrogen and oxygen atoms in total. The van der Waals surface area contributed by atoms with Gasteiger partial charge in [-0.05, 0) is 66.9 Å². The van der Waals surface area contributed by atoms with Crippen LogP contribution >= 0.6 is 0 Å². The Balaban J connectivity index is 1.38. The fourth-order valence-electron chi connectivity index (χ4n) is 9.97. The summed E-state index contributed by atoms with van der Waals surface area (Å²) in [6.07, 6.45) is -11.6. The number of ether oxygens (including phenoxy) is 5. The van der Waals surface area contributed by atoms with E-state index < -0.39 is 148 Å². The number of esters is 4. The van der Waals surface area contributed by atoms with Crippen molar-refractivity contribution in [2.75, 3.05) is 6.61 Å². The number of Topliss-reactive ketones (excluding diaryl/α,β-unsaturated/α-hetero) is 1. The molecule has 334 valence electrons. The van der Waals surface area contributed by atoms with E-state index in [4.69, 9.17) is 30.5 Å². The molecule has 0 unspecified atom stereocenters. The van der Waals surface area contributed by atoms with Crippen LogP contribution in [0.4, 0.5) is 0 Å². The summed E-state index contributed by atoms with van der Waals surface area (Å²) in [5.74, 6) is -8.45. The third-order valence-corrected chi connectivity index (χ3v) is 13.3. The maximum Gasteiger partial charge on any atom is 0.338 e. The second-order valence-corrected chi connectivity index (χ2v) is 17.2. The van der Waals surface area contributed by atoms with E-state index in [-0.39, 0.29) is 41.1 Å². The van der Waals surface area contributed by atoms with Gasteiger partial charge in [-0.25, -0.2) is 9.59 Å². The minimum absolute atomic E-state index is 0.000810. The lowest BCUT2D eigenvalue weighted by molar-refractivity contribution is -0.346. The Hall–Kier alpha value is -5.94. The van der Waals surface area contributed by atoms with Gasteiger partial charge in [-0.3, -0.25) is 19.2 Å². The van der Waals surface area contributed by atoms with Gasteiger partial charge in [0.25, 0.3) is 5.91 Å². The van der Waals surface area contributed by atoms with Gasteiger partial charge in [0, 0.05) is 37.7 Å². The average Bonchev–Trinajstić information content (AvgIpc) is 3.28. The molecular formula is C47H51NO15. The van der Waals surface area contributed by atoms with Crippen LogP contribution in [0.25, 0.3) is 0 Å². The van der Waals surface area contributed by atoms with Gasteiger partial charge in [0.05, 0.1) is 42.5 Å². The summed E-state index contributed by atoms with van der Waals surface area (Å²) >= 11 is 0. The minimum atomic E-state index is -2.52. The molecular weight excluding hydrogens is 819 g/mol. The van der Waals surface area contributed by atoms with Crippen molar-refractivity contribution < 1.29 is 79.7 Å². The predicted molar refractivity (Wildman–Crippen MR) is 219 cm³/mol. The lowest BCUT2D eigenvalue weighted by Crippen LogP contribution is -2.82. The van der Waals surface area contributed by atoms with Gasteiger partial charge in [0.1, 0.15) is 29.7 Å². The normalized spacial score (nSPS) is 32.7. The number of carbonyl (C=O) groups excluding carboxylic acids is 6. The van der Waals surface area contributed by atoms with Crippen LogP contribution in [-0.4, -0.2) is 110 Å². The number of fused-ring (bicyclic) bond motifs is 5. The molecule has 2 saturated carbocycles. The lowest BCUT2D eigenvalue weighted by atomic mass is 9.44. The van der Waals surface area contributed by atoms with Crippen LogP contribution in [0, 0.1) is 16.7 Å². The standard InChI is InChI=1S/C47H51NO15/c1-24-31(61-43(57)36(53)35(27-17-19-30(51)20-18-27)48-41(55)28-13-9-7-10-14-28)22-47(58)40(62-42(56)29-15-11-8-12-16-29)38-45(6,32(52)21-33-46(38,23-59-33)63-26(3)50)39(54)37(60-25(2)49)34(24)44(47,4)5/h7-20,31-33,35-38,40,51-53,58H,21-23H2,1-6H3,(H,48,55)/t31-,32-,33+,35-,36+,37+,38-,40-,45+,46-,47+/m1/s1/i7D,9D,10D,13D,14D. The first-order chi connectivity index (χ1) is 31.7. The highest BCUT2D eigenvalue weighted by Gasteiger charge is 2.78. The van der Waals surface area contributed by atoms with E-state index in [1.54, 1.807) is 18.2 Å². The van der Waals surface area contributed by atoms with E-state index in [2.05, 4.69) is 5.32 Å². The number of rotatable bonds is 10. The number of phenols is 1. The summed E-state index contributed by atoms with van der Waals surface area (Å²) in [4.78, 5) is 84.2. The number of aliphatic hydroxyl groups excluding tert-OH is 2. The molecule has 4 aliphatic rings. The van der Waals surface area contributed by atoms with Gasteiger partial charge >= 0.3 is 23.9 Å². The molecule has 0 spiro atoms. The molecule has 16 heteroatoms. The molecule has 0 radical (unpaired) electrons. The summed E-state index contributed by atoms with van der Waals surface area (Å²) in [6.45, 7) is 7.47. The number of aromatic hydroxyl groups is 1. The second kappa shape index (κ2) is 16.6. The van der Waals surface area contributed by atoms with Crippen LogP contribution in [0.15, 0.2) is 96.0 Å². The highest BCUT2D eigenvalue weighted by molar-refractivity contribution is 5.96. The van der Waals surface area contributed by atoms with Crippen molar-refractivity contribution in [1.29, 1.82) is 0 Å². The number of carbonyl (C=O) groups is 6. The van der Waals surface area contributed by atoms with E-state index in [0.717, 1.165) is 26.0 Å². The largest absolute Gasteiger partial charge is 0.508 e. The van der Waals surface area contributed by atoms with E-state index in [9.17, 15) is 44.4 Å². The van der Waals surface area contributed by atoms with Crippen molar-refractivity contribution in [2.45, 2.75) is 108 Å². The van der Waals surface area contributed by atoms with Crippen molar-refractivity contribution >= 4 is 35.6 Å². The predicted octanol–water partition coefficient (Wildman–Crippen LogP) is 3.44. The Morgan fingerprint density at radius 1 is 0.905 bits per heavy atom. The molecule has 3 aromatic carbocycles. The first-order valence-electron chi connectivity index (χ1n) is 22.7. The third-order valence-electron chi connectivity index (χ3n) is 13.3. The summed E-state index contributed by atoms with van der Waals surface area (Å²) in [6, 6.07) is 6.34. The number of phenolic OH excluding ortho intramolecular Hbond substituents is 1. The number of amides is 1. The van der Waals surface area contributed by atoms with Gasteiger partial charge in [-0.1, -0.05) is 62.3 Å². The molecule has 1 amide bonds. The van der Waals surface area contributed by atoms with E-state index in [0.29, 0.717) is 0 Å². The topological polar surface area (TPSA) is 242 Å². The van der Waals surface area contributed by atoms with Crippen molar-refractivity contribution in [2.24, 2.45) is 16.7 Å². The highest BCUT2D eigenvalue weighted by Crippen LogP contribution is 2.64. The average molecular weight is 875 g/mol. The van der Waals surface area contributed by atoms with Crippen LogP contribution in [0.1, 0.15) is 93.6 Å². The van der Waals surface area contributed by atoms with Crippen molar-refractivity contribution in [1.82, 2.24) is 5.32 Å². The number of benzene rings is 3. The van der Waals surface area contributed by atoms with E-state index in [1.807, 2.05) is 0 Å². The number of hydrogen-bond acceptors (Lipinski definition) is 15. The minimum Gasteiger partial charge on any atom is -0.508 e. The van der Waals surface area contributed by atoms with Crippen molar-refractivity contribution in [3.63, 3.8) is 0 Å². The molecule has 3 fully saturated rings. The van der Waals surface area contributed by atoms with Crippen LogP contribution in [-0.2, 0) is 42.9 Å². The number of aliphatic hydroxyl groups is 3. The Kier molecular flexibility index (Phi) is 10.2. The molecule has 3 aromatic rings. The highest BCUT2D eigenvalue weighted by atomic mass is 16.6. The second-order valence-electron chi connectivity index (χ2n) is 17.2. The van der Waals surface area contributed by atoms with E-state index >= 15 is 4.79 Å². The molecule has 63 heavy (non-hydrogen) atoms. The lowest BCUT2D eigenvalue weighted by Gasteiger charge is -2.67. The van der Waals surface area contributed by atoms with Gasteiger partial charge < -0.3 is 49.4 Å². The van der Waals surface area contributed by atoms with Gasteiger partial charge in [-0.15, -0.1) is 0 Å².